The van der Waals surface area contributed by atoms with Crippen LogP contribution in [-0.2, 0) is 0 Å². The van der Waals surface area contributed by atoms with E-state index >= 15 is 0 Å². The van der Waals surface area contributed by atoms with Gasteiger partial charge in [-0.05, 0) is 37.6 Å². The summed E-state index contributed by atoms with van der Waals surface area (Å²) in [4.78, 5) is 3.74. The summed E-state index contributed by atoms with van der Waals surface area (Å²) >= 11 is 0. The molecule has 2 rings (SSSR count). The molecule has 106 valence electrons. The third-order valence-corrected chi connectivity index (χ3v) is 2.87. The summed E-state index contributed by atoms with van der Waals surface area (Å²) < 4.78 is 19.4. The normalized spacial score (nSPS) is 12.4. The maximum absolute atomic E-state index is 13.8. The van der Waals surface area contributed by atoms with Crippen molar-refractivity contribution < 1.29 is 9.13 Å². The van der Waals surface area contributed by atoms with Crippen molar-refractivity contribution >= 4 is 0 Å². The number of nitrogens with two attached hydrogens (primary N) is 1. The van der Waals surface area contributed by atoms with Crippen LogP contribution in [0, 0.1) is 5.82 Å². The summed E-state index contributed by atoms with van der Waals surface area (Å²) in [5.74, 6) is 5.94. The van der Waals surface area contributed by atoms with Gasteiger partial charge in [-0.2, -0.15) is 0 Å². The molecule has 5 heteroatoms. The zero-order chi connectivity index (χ0) is 14.5. The Balaban J connectivity index is 2.26. The lowest BCUT2D eigenvalue weighted by Gasteiger charge is -2.18. The average molecular weight is 275 g/mol. The molecule has 0 radical (unpaired) electrons. The van der Waals surface area contributed by atoms with E-state index in [1.165, 1.54) is 6.20 Å². The van der Waals surface area contributed by atoms with Gasteiger partial charge in [-0.3, -0.25) is 10.8 Å². The van der Waals surface area contributed by atoms with Gasteiger partial charge in [-0.15, -0.1) is 0 Å². The van der Waals surface area contributed by atoms with E-state index in [1.807, 2.05) is 38.1 Å². The number of ether oxygens (including phenoxy) is 1. The van der Waals surface area contributed by atoms with Gasteiger partial charge < -0.3 is 4.74 Å². The first-order chi connectivity index (χ1) is 9.61. The van der Waals surface area contributed by atoms with Gasteiger partial charge in [0, 0.05) is 11.8 Å². The number of halogens is 1. The maximum Gasteiger partial charge on any atom is 0.146 e. The number of aromatic nitrogens is 1. The SMILES string of the molecule is CC(C)Oc1ccc(C(NN)c2ccncc2F)cc1. The first-order valence-corrected chi connectivity index (χ1v) is 6.44. The second-order valence-corrected chi connectivity index (χ2v) is 4.73. The van der Waals surface area contributed by atoms with E-state index in [9.17, 15) is 4.39 Å². The van der Waals surface area contributed by atoms with Crippen LogP contribution in [0.4, 0.5) is 4.39 Å². The van der Waals surface area contributed by atoms with E-state index in [1.54, 1.807) is 12.3 Å². The lowest BCUT2D eigenvalue weighted by molar-refractivity contribution is 0.242. The van der Waals surface area contributed by atoms with E-state index in [-0.39, 0.29) is 6.10 Å². The fourth-order valence-electron chi connectivity index (χ4n) is 2.00. The van der Waals surface area contributed by atoms with Crippen LogP contribution < -0.4 is 16.0 Å². The van der Waals surface area contributed by atoms with E-state index in [0.717, 1.165) is 11.3 Å². The number of nitrogens with zero attached hydrogens (tertiary/aromatic N) is 1. The molecule has 0 bridgehead atoms. The van der Waals surface area contributed by atoms with Crippen molar-refractivity contribution in [2.45, 2.75) is 26.0 Å². The molecule has 0 saturated carbocycles. The first-order valence-electron chi connectivity index (χ1n) is 6.44. The molecule has 0 fully saturated rings. The zero-order valence-electron chi connectivity index (χ0n) is 11.5. The Labute approximate surface area is 117 Å². The van der Waals surface area contributed by atoms with Crippen LogP contribution in [0.5, 0.6) is 5.75 Å². The van der Waals surface area contributed by atoms with E-state index < -0.39 is 11.9 Å². The summed E-state index contributed by atoms with van der Waals surface area (Å²) in [6, 6.07) is 8.60. The van der Waals surface area contributed by atoms with Crippen LogP contribution in [0.1, 0.15) is 31.0 Å². The molecule has 1 aromatic heterocycles. The fraction of sp³-hybridized carbons (Fsp3) is 0.267. The van der Waals surface area contributed by atoms with Crippen molar-refractivity contribution in [1.82, 2.24) is 10.4 Å². The smallest absolute Gasteiger partial charge is 0.146 e. The predicted molar refractivity (Wildman–Crippen MR) is 75.6 cm³/mol. The van der Waals surface area contributed by atoms with Crippen molar-refractivity contribution in [3.63, 3.8) is 0 Å². The molecule has 2 aromatic rings. The van der Waals surface area contributed by atoms with E-state index in [0.29, 0.717) is 5.56 Å². The zero-order valence-corrected chi connectivity index (χ0v) is 11.5. The van der Waals surface area contributed by atoms with Gasteiger partial charge >= 0.3 is 0 Å². The highest BCUT2D eigenvalue weighted by Crippen LogP contribution is 2.25. The Morgan fingerprint density at radius 3 is 2.45 bits per heavy atom. The Kier molecular flexibility index (Phi) is 4.65. The summed E-state index contributed by atoms with van der Waals surface area (Å²) in [6.07, 6.45) is 2.83. The van der Waals surface area contributed by atoms with Crippen LogP contribution in [0.15, 0.2) is 42.7 Å². The number of hydrogen-bond donors (Lipinski definition) is 2. The highest BCUT2D eigenvalue weighted by atomic mass is 19.1. The summed E-state index contributed by atoms with van der Waals surface area (Å²) in [7, 11) is 0. The van der Waals surface area contributed by atoms with Crippen LogP contribution in [0.25, 0.3) is 0 Å². The molecular formula is C15H18FN3O. The monoisotopic (exact) mass is 275 g/mol. The molecule has 0 aliphatic heterocycles. The number of nitrogens with one attached hydrogen (secondary N) is 1. The molecule has 20 heavy (non-hydrogen) atoms. The molecule has 3 N–H and O–H groups in total. The summed E-state index contributed by atoms with van der Waals surface area (Å²) in [5.41, 5.74) is 3.94. The highest BCUT2D eigenvalue weighted by Gasteiger charge is 2.16. The Bertz CT molecular complexity index is 557. The Morgan fingerprint density at radius 2 is 1.90 bits per heavy atom. The molecule has 0 aliphatic carbocycles. The van der Waals surface area contributed by atoms with Gasteiger partial charge in [0.1, 0.15) is 11.6 Å². The quantitative estimate of drug-likeness (QED) is 0.650. The van der Waals surface area contributed by atoms with E-state index in [4.69, 9.17) is 10.6 Å². The minimum atomic E-state index is -0.425. The predicted octanol–water partition coefficient (Wildman–Crippen LogP) is 2.56. The third-order valence-electron chi connectivity index (χ3n) is 2.87. The van der Waals surface area contributed by atoms with Gasteiger partial charge in [0.15, 0.2) is 0 Å². The molecule has 0 aliphatic rings. The van der Waals surface area contributed by atoms with Crippen LogP contribution >= 0.6 is 0 Å². The van der Waals surface area contributed by atoms with Crippen molar-refractivity contribution in [1.29, 1.82) is 0 Å². The van der Waals surface area contributed by atoms with Gasteiger partial charge in [-0.1, -0.05) is 12.1 Å². The van der Waals surface area contributed by atoms with Crippen molar-refractivity contribution in [3.8, 4) is 5.75 Å². The molecule has 0 saturated heterocycles. The topological polar surface area (TPSA) is 60.2 Å². The van der Waals surface area contributed by atoms with Crippen LogP contribution in [-0.4, -0.2) is 11.1 Å². The molecule has 0 amide bonds. The average Bonchev–Trinajstić information content (AvgIpc) is 2.43. The largest absolute Gasteiger partial charge is 0.491 e. The number of rotatable bonds is 5. The minimum Gasteiger partial charge on any atom is -0.491 e. The van der Waals surface area contributed by atoms with Crippen LogP contribution in [0.2, 0.25) is 0 Å². The molecule has 0 spiro atoms. The molecule has 1 heterocycles. The lowest BCUT2D eigenvalue weighted by atomic mass is 10.00. The Morgan fingerprint density at radius 1 is 1.20 bits per heavy atom. The summed E-state index contributed by atoms with van der Waals surface area (Å²) in [5, 5.41) is 0. The number of hydrazine groups is 1. The number of benzene rings is 1. The van der Waals surface area contributed by atoms with Gasteiger partial charge in [0.2, 0.25) is 0 Å². The molecule has 4 nitrogen and oxygen atoms in total. The molecule has 1 aromatic carbocycles. The van der Waals surface area contributed by atoms with Crippen molar-refractivity contribution in [3.05, 3.63) is 59.7 Å². The van der Waals surface area contributed by atoms with Crippen molar-refractivity contribution in [2.24, 2.45) is 5.84 Å². The highest BCUT2D eigenvalue weighted by molar-refractivity contribution is 5.35. The van der Waals surface area contributed by atoms with Crippen LogP contribution in [0.3, 0.4) is 0 Å². The van der Waals surface area contributed by atoms with Crippen molar-refractivity contribution in [2.75, 3.05) is 0 Å². The number of pyridine rings is 1. The first kappa shape index (κ1) is 14.4. The second kappa shape index (κ2) is 6.45. The minimum absolute atomic E-state index is 0.113. The fourth-order valence-corrected chi connectivity index (χ4v) is 2.00. The summed E-state index contributed by atoms with van der Waals surface area (Å²) in [6.45, 7) is 3.93. The molecule has 1 unspecified atom stereocenters. The van der Waals surface area contributed by atoms with E-state index in [2.05, 4.69) is 10.4 Å². The van der Waals surface area contributed by atoms with Gasteiger partial charge in [-0.25, -0.2) is 9.82 Å². The third kappa shape index (κ3) is 3.31. The standard InChI is InChI=1S/C15H18FN3O/c1-10(2)20-12-5-3-11(4-6-12)15(19-17)13-7-8-18-9-14(13)16/h3-10,15,19H,17H2,1-2H3. The molecule has 1 atom stereocenters. The lowest BCUT2D eigenvalue weighted by Crippen LogP contribution is -2.29. The molecular weight excluding hydrogens is 257 g/mol. The van der Waals surface area contributed by atoms with Gasteiger partial charge in [0.05, 0.1) is 18.3 Å². The Hall–Kier alpha value is -1.98. The maximum atomic E-state index is 13.8. The number of hydrogen-bond acceptors (Lipinski definition) is 4. The van der Waals surface area contributed by atoms with Gasteiger partial charge in [0.25, 0.3) is 0 Å². The second-order valence-electron chi connectivity index (χ2n) is 4.73.